The van der Waals surface area contributed by atoms with E-state index in [1.165, 1.54) is 0 Å². The minimum atomic E-state index is -0.0699. The van der Waals surface area contributed by atoms with Crippen molar-refractivity contribution in [3.8, 4) is 0 Å². The molecule has 0 bridgehead atoms. The van der Waals surface area contributed by atoms with E-state index in [0.29, 0.717) is 5.57 Å². The summed E-state index contributed by atoms with van der Waals surface area (Å²) in [7, 11) is 0. The summed E-state index contributed by atoms with van der Waals surface area (Å²) in [5.41, 5.74) is 4.21. The molecule has 0 unspecified atom stereocenters. The van der Waals surface area contributed by atoms with E-state index in [9.17, 15) is 4.79 Å². The first-order chi connectivity index (χ1) is 8.74. The number of para-hydroxylation sites is 1. The summed E-state index contributed by atoms with van der Waals surface area (Å²) in [5, 5.41) is 2.85. The van der Waals surface area contributed by atoms with Crippen LogP contribution in [0.2, 0.25) is 0 Å². The number of hydrogen-bond donors (Lipinski definition) is 1. The highest BCUT2D eigenvalue weighted by Crippen LogP contribution is 2.32. The zero-order valence-corrected chi connectivity index (χ0v) is 9.97. The van der Waals surface area contributed by atoms with E-state index < -0.39 is 0 Å². The van der Waals surface area contributed by atoms with E-state index >= 15 is 0 Å². The third-order valence-corrected chi connectivity index (χ3v) is 2.91. The second-order valence-corrected chi connectivity index (χ2v) is 4.26. The minimum Gasteiger partial charge on any atom is -0.321 e. The lowest BCUT2D eigenvalue weighted by Gasteiger charge is -1.98. The number of benzene rings is 1. The summed E-state index contributed by atoms with van der Waals surface area (Å²) in [6.45, 7) is 1.94. The van der Waals surface area contributed by atoms with Crippen molar-refractivity contribution in [1.82, 2.24) is 4.98 Å². The van der Waals surface area contributed by atoms with Crippen LogP contribution in [-0.4, -0.2) is 10.9 Å². The molecule has 2 heterocycles. The van der Waals surface area contributed by atoms with Crippen LogP contribution in [0.4, 0.5) is 5.69 Å². The van der Waals surface area contributed by atoms with Gasteiger partial charge in [0.15, 0.2) is 0 Å². The molecule has 3 heteroatoms. The van der Waals surface area contributed by atoms with Gasteiger partial charge in [0.05, 0.1) is 11.3 Å². The van der Waals surface area contributed by atoms with Crippen LogP contribution in [0.1, 0.15) is 17.0 Å². The number of aromatic nitrogens is 1. The smallest absolute Gasteiger partial charge is 0.256 e. The number of carbonyl (C=O) groups excluding carboxylic acids is 1. The number of amides is 1. The van der Waals surface area contributed by atoms with E-state index in [1.807, 2.05) is 55.5 Å². The predicted octanol–water partition coefficient (Wildman–Crippen LogP) is 2.88. The van der Waals surface area contributed by atoms with Gasteiger partial charge in [-0.2, -0.15) is 0 Å². The quantitative estimate of drug-likeness (QED) is 0.773. The second kappa shape index (κ2) is 4.11. The van der Waals surface area contributed by atoms with Crippen molar-refractivity contribution in [2.75, 3.05) is 5.32 Å². The van der Waals surface area contributed by atoms with E-state index in [1.54, 1.807) is 0 Å². The first kappa shape index (κ1) is 10.7. The molecule has 1 aromatic carbocycles. The number of fused-ring (bicyclic) bond motifs is 1. The van der Waals surface area contributed by atoms with Crippen LogP contribution in [0.15, 0.2) is 42.5 Å². The highest BCUT2D eigenvalue weighted by molar-refractivity contribution is 6.34. The second-order valence-electron chi connectivity index (χ2n) is 4.26. The lowest BCUT2D eigenvalue weighted by atomic mass is 10.1. The Kier molecular flexibility index (Phi) is 2.45. The van der Waals surface area contributed by atoms with Crippen molar-refractivity contribution in [2.24, 2.45) is 0 Å². The summed E-state index contributed by atoms with van der Waals surface area (Å²) in [5.74, 6) is -0.0699. The standard InChI is InChI=1S/C15H12N2O/c1-10-5-4-6-11(16-10)9-13-12-7-2-3-8-14(12)17-15(13)18/h2-9H,1H3,(H,17,18)/b13-9+. The highest BCUT2D eigenvalue weighted by atomic mass is 16.2. The monoisotopic (exact) mass is 236 g/mol. The normalized spacial score (nSPS) is 15.6. The molecule has 0 aliphatic carbocycles. The molecule has 0 atom stereocenters. The maximum absolute atomic E-state index is 11.9. The van der Waals surface area contributed by atoms with Crippen LogP contribution in [0.25, 0.3) is 11.6 Å². The third kappa shape index (κ3) is 1.80. The minimum absolute atomic E-state index is 0.0699. The van der Waals surface area contributed by atoms with Crippen molar-refractivity contribution >= 4 is 23.2 Å². The molecule has 2 aromatic rings. The summed E-state index contributed by atoms with van der Waals surface area (Å²) in [6.07, 6.45) is 1.83. The van der Waals surface area contributed by atoms with Gasteiger partial charge in [-0.15, -0.1) is 0 Å². The Morgan fingerprint density at radius 1 is 1.11 bits per heavy atom. The summed E-state index contributed by atoms with van der Waals surface area (Å²) >= 11 is 0. The molecule has 18 heavy (non-hydrogen) atoms. The Hall–Kier alpha value is -2.42. The van der Waals surface area contributed by atoms with Gasteiger partial charge in [-0.25, -0.2) is 0 Å². The van der Waals surface area contributed by atoms with Crippen LogP contribution in [0.3, 0.4) is 0 Å². The lowest BCUT2D eigenvalue weighted by molar-refractivity contribution is -0.110. The van der Waals surface area contributed by atoms with Gasteiger partial charge in [0.1, 0.15) is 0 Å². The van der Waals surface area contributed by atoms with Gasteiger partial charge >= 0.3 is 0 Å². The predicted molar refractivity (Wildman–Crippen MR) is 71.9 cm³/mol. The van der Waals surface area contributed by atoms with Crippen molar-refractivity contribution in [2.45, 2.75) is 6.92 Å². The topological polar surface area (TPSA) is 42.0 Å². The van der Waals surface area contributed by atoms with E-state index in [4.69, 9.17) is 0 Å². The Morgan fingerprint density at radius 2 is 1.94 bits per heavy atom. The van der Waals surface area contributed by atoms with Crippen LogP contribution < -0.4 is 5.32 Å². The number of nitrogens with zero attached hydrogens (tertiary/aromatic N) is 1. The van der Waals surface area contributed by atoms with Gasteiger partial charge < -0.3 is 5.32 Å². The molecule has 1 amide bonds. The summed E-state index contributed by atoms with van der Waals surface area (Å²) < 4.78 is 0. The molecule has 1 aliphatic heterocycles. The van der Waals surface area contributed by atoms with Gasteiger partial charge in [-0.1, -0.05) is 24.3 Å². The fraction of sp³-hybridized carbons (Fsp3) is 0.0667. The third-order valence-electron chi connectivity index (χ3n) is 2.91. The number of hydrogen-bond acceptors (Lipinski definition) is 2. The highest BCUT2D eigenvalue weighted by Gasteiger charge is 2.23. The Balaban J connectivity index is 2.10. The first-order valence-corrected chi connectivity index (χ1v) is 5.80. The average molecular weight is 236 g/mol. The molecular formula is C15H12N2O. The van der Waals surface area contributed by atoms with Crippen LogP contribution in [0, 0.1) is 6.92 Å². The summed E-state index contributed by atoms with van der Waals surface area (Å²) in [4.78, 5) is 16.3. The van der Waals surface area contributed by atoms with Crippen molar-refractivity contribution in [3.05, 3.63) is 59.4 Å². The Bertz CT molecular complexity index is 659. The van der Waals surface area contributed by atoms with Crippen molar-refractivity contribution < 1.29 is 4.79 Å². The number of carbonyl (C=O) groups is 1. The van der Waals surface area contributed by atoms with E-state index in [0.717, 1.165) is 22.6 Å². The molecule has 0 fully saturated rings. The van der Waals surface area contributed by atoms with Gasteiger partial charge in [0.2, 0.25) is 0 Å². The maximum Gasteiger partial charge on any atom is 0.256 e. The maximum atomic E-state index is 11.9. The molecule has 0 saturated heterocycles. The molecule has 0 saturated carbocycles. The number of nitrogens with one attached hydrogen (secondary N) is 1. The molecular weight excluding hydrogens is 224 g/mol. The van der Waals surface area contributed by atoms with Crippen LogP contribution >= 0.6 is 0 Å². The van der Waals surface area contributed by atoms with Gasteiger partial charge in [0, 0.05) is 16.9 Å². The molecule has 1 N–H and O–H groups in total. The molecule has 3 rings (SSSR count). The lowest BCUT2D eigenvalue weighted by Crippen LogP contribution is -2.03. The molecule has 0 spiro atoms. The zero-order valence-electron chi connectivity index (χ0n) is 9.97. The van der Waals surface area contributed by atoms with Crippen LogP contribution in [0.5, 0.6) is 0 Å². The zero-order chi connectivity index (χ0) is 12.5. The van der Waals surface area contributed by atoms with E-state index in [2.05, 4.69) is 10.3 Å². The SMILES string of the molecule is Cc1cccc(/C=C2/C(=O)Nc3ccccc32)n1. The molecule has 1 aliphatic rings. The molecule has 1 aromatic heterocycles. The molecule has 0 radical (unpaired) electrons. The largest absolute Gasteiger partial charge is 0.321 e. The van der Waals surface area contributed by atoms with Crippen molar-refractivity contribution in [1.29, 1.82) is 0 Å². The van der Waals surface area contributed by atoms with Crippen molar-refractivity contribution in [3.63, 3.8) is 0 Å². The number of rotatable bonds is 1. The van der Waals surface area contributed by atoms with E-state index in [-0.39, 0.29) is 5.91 Å². The van der Waals surface area contributed by atoms with Crippen LogP contribution in [-0.2, 0) is 4.79 Å². The fourth-order valence-corrected chi connectivity index (χ4v) is 2.07. The number of aryl methyl sites for hydroxylation is 1. The Labute approximate surface area is 105 Å². The Morgan fingerprint density at radius 3 is 2.78 bits per heavy atom. The van der Waals surface area contributed by atoms with Gasteiger partial charge in [-0.05, 0) is 31.2 Å². The number of anilines is 1. The molecule has 88 valence electrons. The fourth-order valence-electron chi connectivity index (χ4n) is 2.07. The average Bonchev–Trinajstić information content (AvgIpc) is 2.66. The summed E-state index contributed by atoms with van der Waals surface area (Å²) in [6, 6.07) is 13.4. The number of pyridine rings is 1. The van der Waals surface area contributed by atoms with Gasteiger partial charge in [-0.3, -0.25) is 9.78 Å². The molecule has 3 nitrogen and oxygen atoms in total. The first-order valence-electron chi connectivity index (χ1n) is 5.80. The van der Waals surface area contributed by atoms with Gasteiger partial charge in [0.25, 0.3) is 5.91 Å².